The van der Waals surface area contributed by atoms with Gasteiger partial charge in [0.1, 0.15) is 5.75 Å². The normalized spacial score (nSPS) is 13.3. The maximum atomic E-state index is 12.8. The van der Waals surface area contributed by atoms with Crippen molar-refractivity contribution in [2.75, 3.05) is 33.6 Å². The third kappa shape index (κ3) is 11.4. The van der Waals surface area contributed by atoms with Crippen LogP contribution in [0.1, 0.15) is 31.4 Å². The van der Waals surface area contributed by atoms with Gasteiger partial charge in [0.15, 0.2) is 0 Å². The third-order valence-corrected chi connectivity index (χ3v) is 8.50. The van der Waals surface area contributed by atoms with Gasteiger partial charge in [-0.3, -0.25) is 14.9 Å². The molecule has 12 heteroatoms. The van der Waals surface area contributed by atoms with E-state index in [0.29, 0.717) is 19.4 Å². The summed E-state index contributed by atoms with van der Waals surface area (Å²) in [5.41, 5.74) is 1.78. The fourth-order valence-corrected chi connectivity index (χ4v) is 6.42. The number of benzene rings is 3. The number of methoxy groups -OCH3 is 2. The molecule has 11 nitrogen and oxygen atoms in total. The number of non-ortho nitro benzene ring substituents is 1. The van der Waals surface area contributed by atoms with Crippen LogP contribution in [0.5, 0.6) is 5.75 Å². The van der Waals surface area contributed by atoms with E-state index >= 15 is 0 Å². The minimum atomic E-state index is -1.00. The molecule has 0 N–H and O–H groups in total. The van der Waals surface area contributed by atoms with Crippen molar-refractivity contribution in [3.63, 3.8) is 0 Å². The summed E-state index contributed by atoms with van der Waals surface area (Å²) >= 11 is 0. The van der Waals surface area contributed by atoms with Crippen molar-refractivity contribution in [3.05, 3.63) is 94.0 Å². The predicted molar refractivity (Wildman–Crippen MR) is 162 cm³/mol. The first-order valence-corrected chi connectivity index (χ1v) is 15.3. The number of nitrogens with zero attached hydrogens (tertiary/aromatic N) is 1. The molecule has 2 unspecified atom stereocenters. The molecule has 232 valence electrons. The highest BCUT2D eigenvalue weighted by molar-refractivity contribution is 7.73. The van der Waals surface area contributed by atoms with Crippen LogP contribution in [0.15, 0.2) is 72.8 Å². The maximum absolute atomic E-state index is 12.8. The van der Waals surface area contributed by atoms with Gasteiger partial charge in [-0.1, -0.05) is 36.4 Å². The Morgan fingerprint density at radius 1 is 0.791 bits per heavy atom. The molecule has 0 saturated carbocycles. The molecule has 3 rings (SSSR count). The van der Waals surface area contributed by atoms with Gasteiger partial charge in [0.2, 0.25) is 0 Å². The van der Waals surface area contributed by atoms with E-state index in [1.807, 2.05) is 50.2 Å². The summed E-state index contributed by atoms with van der Waals surface area (Å²) in [6.45, 7) is 3.65. The fourth-order valence-electron chi connectivity index (χ4n) is 4.03. The quantitative estimate of drug-likeness (QED) is 0.0455. The predicted octanol–water partition coefficient (Wildman–Crippen LogP) is 4.99. The van der Waals surface area contributed by atoms with Gasteiger partial charge in [0, 0.05) is 39.6 Å². The van der Waals surface area contributed by atoms with Gasteiger partial charge in [-0.2, -0.15) is 0 Å². The van der Waals surface area contributed by atoms with Crippen LogP contribution in [0.25, 0.3) is 0 Å². The Morgan fingerprint density at radius 3 is 1.74 bits per heavy atom. The largest absolute Gasteiger partial charge is 0.427 e. The number of ether oxygens (including phenoxy) is 7. The van der Waals surface area contributed by atoms with E-state index in [1.54, 1.807) is 0 Å². The molecule has 0 fully saturated rings. The Balaban J connectivity index is 1.80. The van der Waals surface area contributed by atoms with Crippen LogP contribution in [0.3, 0.4) is 0 Å². The standard InChI is InChI=1S/C31H38NO10P/c1-5-38-30(36-3)40-21-23-9-7-11-27(19-23)43(18-17-29(33)42-26-15-13-25(14-16-26)32(34)35)28-12-8-10-24(20-28)22-41-31(37-4)39-6-2/h7-16,19-20,30-31H,5-6,17-18,21-22H2,1-4H3. The zero-order valence-electron chi connectivity index (χ0n) is 24.8. The summed E-state index contributed by atoms with van der Waals surface area (Å²) in [5.74, 6) is -0.179. The number of hydrogen-bond donors (Lipinski definition) is 0. The fraction of sp³-hybridized carbons (Fsp3) is 0.387. The molecule has 43 heavy (non-hydrogen) atoms. The summed E-state index contributed by atoms with van der Waals surface area (Å²) in [6, 6.07) is 21.5. The van der Waals surface area contributed by atoms with Crippen LogP contribution in [0, 0.1) is 10.1 Å². The molecule has 3 aromatic carbocycles. The molecular weight excluding hydrogens is 577 g/mol. The molecular formula is C31H38NO10P. The number of esters is 1. The van der Waals surface area contributed by atoms with Crippen molar-refractivity contribution in [2.45, 2.75) is 46.4 Å². The van der Waals surface area contributed by atoms with Crippen molar-refractivity contribution >= 4 is 30.2 Å². The van der Waals surface area contributed by atoms with E-state index in [-0.39, 0.29) is 31.1 Å². The second-order valence-electron chi connectivity index (χ2n) is 9.05. The van der Waals surface area contributed by atoms with Gasteiger partial charge < -0.3 is 33.2 Å². The Labute approximate surface area is 252 Å². The number of nitro benzene ring substituents is 1. The van der Waals surface area contributed by atoms with Gasteiger partial charge in [-0.15, -0.1) is 0 Å². The minimum Gasteiger partial charge on any atom is -0.427 e. The Hall–Kier alpha value is -3.28. The first kappa shape index (κ1) is 34.2. The molecule has 0 aliphatic heterocycles. The summed E-state index contributed by atoms with van der Waals surface area (Å²) in [7, 11) is 2.04. The van der Waals surface area contributed by atoms with Gasteiger partial charge in [-0.25, -0.2) is 0 Å². The number of carbonyl (C=O) groups is 1. The van der Waals surface area contributed by atoms with Gasteiger partial charge in [0.05, 0.1) is 24.6 Å². The molecule has 3 aromatic rings. The summed E-state index contributed by atoms with van der Waals surface area (Å²) in [5, 5.41) is 13.0. The molecule has 0 aliphatic carbocycles. The lowest BCUT2D eigenvalue weighted by molar-refractivity contribution is -0.384. The van der Waals surface area contributed by atoms with E-state index in [4.69, 9.17) is 33.2 Å². The zero-order chi connectivity index (χ0) is 31.0. The van der Waals surface area contributed by atoms with E-state index in [9.17, 15) is 14.9 Å². The summed E-state index contributed by atoms with van der Waals surface area (Å²) < 4.78 is 38.2. The van der Waals surface area contributed by atoms with Gasteiger partial charge in [-0.05, 0) is 73.9 Å². The van der Waals surface area contributed by atoms with Crippen LogP contribution < -0.4 is 15.3 Å². The Kier molecular flexibility index (Phi) is 14.6. The molecule has 2 atom stereocenters. The lowest BCUT2D eigenvalue weighted by atomic mass is 10.2. The molecule has 0 spiro atoms. The molecule has 0 aliphatic rings. The minimum absolute atomic E-state index is 0.0767. The van der Waals surface area contributed by atoms with Crippen LogP contribution >= 0.6 is 7.92 Å². The second-order valence-corrected chi connectivity index (χ2v) is 11.4. The van der Waals surface area contributed by atoms with E-state index in [0.717, 1.165) is 21.7 Å². The number of hydrogen-bond acceptors (Lipinski definition) is 10. The summed E-state index contributed by atoms with van der Waals surface area (Å²) in [4.78, 5) is 23.3. The number of rotatable bonds is 19. The average molecular weight is 616 g/mol. The van der Waals surface area contributed by atoms with Crippen molar-refractivity contribution < 1.29 is 42.9 Å². The lowest BCUT2D eigenvalue weighted by Gasteiger charge is -2.21. The lowest BCUT2D eigenvalue weighted by Crippen LogP contribution is -2.21. The maximum Gasteiger partial charge on any atom is 0.311 e. The number of nitro groups is 1. The van der Waals surface area contributed by atoms with Crippen molar-refractivity contribution in [2.24, 2.45) is 0 Å². The van der Waals surface area contributed by atoms with E-state index in [1.165, 1.54) is 38.5 Å². The smallest absolute Gasteiger partial charge is 0.311 e. The van der Waals surface area contributed by atoms with Gasteiger partial charge in [0.25, 0.3) is 18.6 Å². The molecule has 0 bridgehead atoms. The molecule has 0 aromatic heterocycles. The van der Waals surface area contributed by atoms with E-state index in [2.05, 4.69) is 12.1 Å². The first-order chi connectivity index (χ1) is 20.9. The highest BCUT2D eigenvalue weighted by Gasteiger charge is 2.19. The van der Waals surface area contributed by atoms with Crippen LogP contribution in [-0.2, 0) is 46.4 Å². The molecule has 0 radical (unpaired) electrons. The van der Waals surface area contributed by atoms with Crippen molar-refractivity contribution in [1.29, 1.82) is 0 Å². The zero-order valence-corrected chi connectivity index (χ0v) is 25.7. The molecule has 0 heterocycles. The van der Waals surface area contributed by atoms with Crippen molar-refractivity contribution in [1.82, 2.24) is 0 Å². The summed E-state index contributed by atoms with van der Waals surface area (Å²) in [6.07, 6.45) is 0.644. The molecule has 0 amide bonds. The Bertz CT molecular complexity index is 1230. The topological polar surface area (TPSA) is 125 Å². The van der Waals surface area contributed by atoms with E-state index < -0.39 is 31.8 Å². The SMILES string of the molecule is CCOC(OC)OCc1cccc(P(CCC(=O)Oc2ccc([N+](=O)[O-])cc2)c2cccc(COC(OC)OCC)c2)c1. The van der Waals surface area contributed by atoms with Crippen LogP contribution in [-0.4, -0.2) is 57.4 Å². The van der Waals surface area contributed by atoms with Crippen LogP contribution in [0.2, 0.25) is 0 Å². The van der Waals surface area contributed by atoms with Gasteiger partial charge >= 0.3 is 5.97 Å². The monoisotopic (exact) mass is 615 g/mol. The Morgan fingerprint density at radius 2 is 1.30 bits per heavy atom. The van der Waals surface area contributed by atoms with Crippen LogP contribution in [0.4, 0.5) is 5.69 Å². The highest BCUT2D eigenvalue weighted by Crippen LogP contribution is 2.35. The average Bonchev–Trinajstić information content (AvgIpc) is 3.02. The molecule has 0 saturated heterocycles. The number of carbonyl (C=O) groups excluding carboxylic acids is 1. The second kappa shape index (κ2) is 18.4. The third-order valence-electron chi connectivity index (χ3n) is 6.03. The highest BCUT2D eigenvalue weighted by atomic mass is 31.1. The van der Waals surface area contributed by atoms with Crippen molar-refractivity contribution in [3.8, 4) is 5.75 Å². The first-order valence-electron chi connectivity index (χ1n) is 13.8.